The average Bonchev–Trinajstić information content (AvgIpc) is 3.62. The largest absolute Gasteiger partial charge is 0.480 e. The fraction of sp³-hybridized carbons (Fsp3) is 0.400. The van der Waals surface area contributed by atoms with Gasteiger partial charge >= 0.3 is 12.1 Å². The molecule has 3 atom stereocenters. The van der Waals surface area contributed by atoms with Gasteiger partial charge in [-0.2, -0.15) is 0 Å². The minimum atomic E-state index is -2.83. The highest BCUT2D eigenvalue weighted by Gasteiger charge is 2.51. The third kappa shape index (κ3) is 10.6. The van der Waals surface area contributed by atoms with E-state index in [-0.39, 0.29) is 29.1 Å². The molecule has 6 aromatic rings. The maximum Gasteiger partial charge on any atom is 0.408 e. The molecule has 0 radical (unpaired) electrons. The lowest BCUT2D eigenvalue weighted by Crippen LogP contribution is -2.67. The van der Waals surface area contributed by atoms with Crippen molar-refractivity contribution < 1.29 is 28.6 Å². The third-order valence-electron chi connectivity index (χ3n) is 13.3. The van der Waals surface area contributed by atoms with Crippen LogP contribution in [-0.2, 0) is 38.3 Å². The number of nitrogens with zero attached hydrogens (tertiary/aromatic N) is 3. The van der Waals surface area contributed by atoms with Crippen molar-refractivity contribution in [1.29, 1.82) is 0 Å². The lowest BCUT2D eigenvalue weighted by Gasteiger charge is -2.44. The zero-order valence-electron chi connectivity index (χ0n) is 40.1. The molecule has 0 bridgehead atoms. The second-order valence-corrected chi connectivity index (χ2v) is 24.0. The van der Waals surface area contributed by atoms with Crippen LogP contribution in [0.25, 0.3) is 22.2 Å². The number of alkyl carbamates (subject to hydrolysis) is 1. The number of aromatic nitrogens is 2. The first-order valence-corrected chi connectivity index (χ1v) is 25.4. The second kappa shape index (κ2) is 20.8. The highest BCUT2D eigenvalue weighted by molar-refractivity contribution is 6.99. The van der Waals surface area contributed by atoms with Gasteiger partial charge < -0.3 is 33.8 Å². The molecule has 7 rings (SSSR count). The molecule has 1 aliphatic heterocycles. The van der Waals surface area contributed by atoms with Gasteiger partial charge in [0.05, 0.1) is 17.5 Å². The normalized spacial score (nSPS) is 15.6. The number of nitrogens with one attached hydrogen (secondary N) is 1. The summed E-state index contributed by atoms with van der Waals surface area (Å²) < 4.78 is 21.4. The Morgan fingerprint density at radius 2 is 1.55 bits per heavy atom. The quantitative estimate of drug-likeness (QED) is 0.0820. The van der Waals surface area contributed by atoms with Gasteiger partial charge in [-0.25, -0.2) is 9.59 Å². The van der Waals surface area contributed by atoms with Gasteiger partial charge in [-0.3, -0.25) is 4.98 Å². The first-order chi connectivity index (χ1) is 31.7. The minimum Gasteiger partial charge on any atom is -0.480 e. The van der Waals surface area contributed by atoms with Crippen LogP contribution in [-0.4, -0.2) is 67.9 Å². The summed E-state index contributed by atoms with van der Waals surface area (Å²) in [6.45, 7) is 18.8. The van der Waals surface area contributed by atoms with Crippen LogP contribution >= 0.6 is 0 Å². The monoisotopic (exact) mass is 908 g/mol. The van der Waals surface area contributed by atoms with Crippen molar-refractivity contribution in [2.75, 3.05) is 31.7 Å². The predicted molar refractivity (Wildman–Crippen MR) is 268 cm³/mol. The Labute approximate surface area is 392 Å². The van der Waals surface area contributed by atoms with E-state index in [4.69, 9.17) is 18.9 Å². The number of benzene rings is 4. The number of methoxy groups -OCH3 is 1. The van der Waals surface area contributed by atoms with Gasteiger partial charge in [0.25, 0.3) is 8.32 Å². The van der Waals surface area contributed by atoms with Crippen LogP contribution in [0.5, 0.6) is 0 Å². The number of pyridine rings is 1. The Hall–Kier alpha value is -5.75. The van der Waals surface area contributed by atoms with E-state index < -0.39 is 26.4 Å². The van der Waals surface area contributed by atoms with Crippen LogP contribution in [0.3, 0.4) is 0 Å². The molecular weight excluding hydrogens is 841 g/mol. The standard InChI is InChI=1S/C55H68N4O6Si/c1-9-59-49-30-29-42(58-32-20-23-41(36-58)33-48(52(60)61)57-53(62)64-37-40-21-13-10-14-22-40)34-46(49)47(51(59)45-28-19-31-56-50(45)39(2)63-8)35-55(6,7)38-65-66(54(3,4)5,43-24-15-11-16-25-43)44-26-17-12-18-27-44/h10-19,21-22,24-31,34,39,41,48H,9,20,23,32-33,35-38H2,1-8H3,(H,57,62)(H,60,61)/t39-,41-,48?/m0/s1. The van der Waals surface area contributed by atoms with Gasteiger partial charge in [0.15, 0.2) is 0 Å². The van der Waals surface area contributed by atoms with E-state index in [1.807, 2.05) is 42.6 Å². The van der Waals surface area contributed by atoms with Crippen LogP contribution in [0.1, 0.15) is 90.7 Å². The summed E-state index contributed by atoms with van der Waals surface area (Å²) in [5, 5.41) is 16.4. The summed E-state index contributed by atoms with van der Waals surface area (Å²) in [4.78, 5) is 32.6. The third-order valence-corrected chi connectivity index (χ3v) is 18.3. The minimum absolute atomic E-state index is 0.0475. The van der Waals surface area contributed by atoms with E-state index in [0.29, 0.717) is 19.6 Å². The van der Waals surface area contributed by atoms with E-state index >= 15 is 0 Å². The van der Waals surface area contributed by atoms with E-state index in [0.717, 1.165) is 66.1 Å². The molecule has 348 valence electrons. The molecule has 1 amide bonds. The van der Waals surface area contributed by atoms with E-state index in [1.165, 1.54) is 21.3 Å². The number of carbonyl (C=O) groups is 2. The second-order valence-electron chi connectivity index (χ2n) is 19.7. The van der Waals surface area contributed by atoms with Gasteiger partial charge in [-0.15, -0.1) is 0 Å². The first kappa shape index (κ1) is 48.2. The van der Waals surface area contributed by atoms with Crippen LogP contribution in [0.2, 0.25) is 5.04 Å². The maximum atomic E-state index is 12.8. The number of amides is 1. The lowest BCUT2D eigenvalue weighted by atomic mass is 9.84. The molecule has 4 aromatic carbocycles. The summed E-state index contributed by atoms with van der Waals surface area (Å²) in [5.74, 6) is -1.02. The Morgan fingerprint density at radius 3 is 2.15 bits per heavy atom. The summed E-state index contributed by atoms with van der Waals surface area (Å²) in [5.41, 5.74) is 7.09. The van der Waals surface area contributed by atoms with Crippen LogP contribution in [0.4, 0.5) is 10.5 Å². The van der Waals surface area contributed by atoms with Crippen LogP contribution < -0.4 is 20.6 Å². The number of carboxylic acid groups (broad SMARTS) is 1. The number of ether oxygens (including phenoxy) is 2. The van der Waals surface area contributed by atoms with Crippen molar-refractivity contribution in [1.82, 2.24) is 14.9 Å². The average molecular weight is 909 g/mol. The molecule has 1 aliphatic rings. The van der Waals surface area contributed by atoms with E-state index in [9.17, 15) is 14.7 Å². The van der Waals surface area contributed by atoms with Crippen molar-refractivity contribution in [3.8, 4) is 11.3 Å². The lowest BCUT2D eigenvalue weighted by molar-refractivity contribution is -0.139. The molecule has 2 aromatic heterocycles. The van der Waals surface area contributed by atoms with Crippen molar-refractivity contribution in [3.63, 3.8) is 0 Å². The molecule has 1 unspecified atom stereocenters. The number of hydrogen-bond donors (Lipinski definition) is 2. The SMILES string of the molecule is CCn1c(-c2cccnc2[C@H](C)OC)c(CC(C)(C)CO[Si](c2ccccc2)(c2ccccc2)C(C)(C)C)c2cc(N3CCC[C@@H](CC(NC(=O)OCc4ccccc4)C(=O)O)C3)ccc21. The number of anilines is 1. The van der Waals surface area contributed by atoms with Gasteiger partial charge in [0, 0.05) is 61.7 Å². The summed E-state index contributed by atoms with van der Waals surface area (Å²) >= 11 is 0. The molecule has 11 heteroatoms. The Morgan fingerprint density at radius 1 is 0.894 bits per heavy atom. The number of hydrogen-bond acceptors (Lipinski definition) is 7. The number of fused-ring (bicyclic) bond motifs is 1. The number of piperidine rings is 1. The number of carboxylic acids is 1. The zero-order valence-corrected chi connectivity index (χ0v) is 41.1. The number of carbonyl (C=O) groups excluding carboxylic acids is 1. The van der Waals surface area contributed by atoms with Gasteiger partial charge in [-0.1, -0.05) is 126 Å². The molecule has 0 saturated carbocycles. The van der Waals surface area contributed by atoms with Crippen molar-refractivity contribution in [2.45, 2.75) is 104 Å². The van der Waals surface area contributed by atoms with E-state index in [1.54, 1.807) is 7.11 Å². The van der Waals surface area contributed by atoms with Crippen molar-refractivity contribution in [3.05, 3.63) is 144 Å². The molecule has 1 fully saturated rings. The molecular formula is C55H68N4O6Si. The zero-order chi connectivity index (χ0) is 47.1. The predicted octanol–water partition coefficient (Wildman–Crippen LogP) is 10.6. The fourth-order valence-electron chi connectivity index (χ4n) is 10.0. The van der Waals surface area contributed by atoms with E-state index in [2.05, 4.69) is 148 Å². The Kier molecular flexibility index (Phi) is 15.2. The smallest absolute Gasteiger partial charge is 0.408 e. The molecule has 10 nitrogen and oxygen atoms in total. The first-order valence-electron chi connectivity index (χ1n) is 23.5. The summed E-state index contributed by atoms with van der Waals surface area (Å²) in [6.07, 6.45) is 3.70. The number of rotatable bonds is 18. The molecule has 1 saturated heterocycles. The van der Waals surface area contributed by atoms with Crippen LogP contribution in [0.15, 0.2) is 128 Å². The highest BCUT2D eigenvalue weighted by atomic mass is 28.4. The van der Waals surface area contributed by atoms with Crippen LogP contribution in [0, 0.1) is 11.3 Å². The molecule has 0 aliphatic carbocycles. The summed E-state index contributed by atoms with van der Waals surface area (Å²) in [6, 6.07) is 41.0. The van der Waals surface area contributed by atoms with Gasteiger partial charge in [0.1, 0.15) is 12.6 Å². The topological polar surface area (TPSA) is 115 Å². The maximum absolute atomic E-state index is 12.8. The number of aliphatic carboxylic acids is 1. The number of aryl methyl sites for hydroxylation is 1. The Balaban J connectivity index is 1.23. The van der Waals surface area contributed by atoms with Crippen molar-refractivity contribution >= 4 is 47.3 Å². The molecule has 2 N–H and O–H groups in total. The molecule has 0 spiro atoms. The molecule has 3 heterocycles. The van der Waals surface area contributed by atoms with Gasteiger partial charge in [0.2, 0.25) is 0 Å². The fourth-order valence-corrected chi connectivity index (χ4v) is 14.8. The molecule has 66 heavy (non-hydrogen) atoms. The summed E-state index contributed by atoms with van der Waals surface area (Å²) in [7, 11) is -1.10. The van der Waals surface area contributed by atoms with Crippen molar-refractivity contribution in [2.24, 2.45) is 11.3 Å². The highest BCUT2D eigenvalue weighted by Crippen LogP contribution is 2.43. The van der Waals surface area contributed by atoms with Gasteiger partial charge in [-0.05, 0) is 108 Å². The Bertz CT molecular complexity index is 2520.